The monoisotopic (exact) mass is 228 g/mol. The number of piperidine rings is 1. The normalized spacial score (nSPS) is 17.3. The van der Waals surface area contributed by atoms with E-state index in [1.54, 1.807) is 0 Å². The number of amides is 2. The van der Waals surface area contributed by atoms with Crippen LogP contribution in [0.1, 0.15) is 40.0 Å². The average Bonchev–Trinajstić information content (AvgIpc) is 2.27. The zero-order valence-electron chi connectivity index (χ0n) is 10.7. The third kappa shape index (κ3) is 4.39. The highest BCUT2D eigenvalue weighted by atomic mass is 16.5. The van der Waals surface area contributed by atoms with Crippen molar-refractivity contribution in [3.63, 3.8) is 0 Å². The minimum atomic E-state index is -0.278. The summed E-state index contributed by atoms with van der Waals surface area (Å²) in [5, 5.41) is 2.94. The predicted molar refractivity (Wildman–Crippen MR) is 64.5 cm³/mol. The van der Waals surface area contributed by atoms with Gasteiger partial charge in [-0.2, -0.15) is 0 Å². The van der Waals surface area contributed by atoms with E-state index in [9.17, 15) is 4.79 Å². The van der Waals surface area contributed by atoms with Crippen LogP contribution in [-0.2, 0) is 4.74 Å². The van der Waals surface area contributed by atoms with Gasteiger partial charge in [0, 0.05) is 26.2 Å². The van der Waals surface area contributed by atoms with E-state index in [0.717, 1.165) is 25.9 Å². The number of urea groups is 1. The van der Waals surface area contributed by atoms with E-state index in [4.69, 9.17) is 4.74 Å². The molecule has 1 heterocycles. The molecule has 0 aromatic heterocycles. The molecule has 1 N–H and O–H groups in total. The Hall–Kier alpha value is -0.770. The summed E-state index contributed by atoms with van der Waals surface area (Å²) in [5.74, 6) is 0. The molecule has 0 aliphatic carbocycles. The Morgan fingerprint density at radius 3 is 2.50 bits per heavy atom. The summed E-state index contributed by atoms with van der Waals surface area (Å²) in [4.78, 5) is 13.7. The number of hydrogen-bond acceptors (Lipinski definition) is 2. The van der Waals surface area contributed by atoms with Gasteiger partial charge in [-0.15, -0.1) is 0 Å². The molecule has 1 rings (SSSR count). The Morgan fingerprint density at radius 2 is 1.94 bits per heavy atom. The predicted octanol–water partition coefficient (Wildman–Crippen LogP) is 2.00. The lowest BCUT2D eigenvalue weighted by molar-refractivity contribution is -0.00772. The molecule has 2 amide bonds. The summed E-state index contributed by atoms with van der Waals surface area (Å²) in [6.07, 6.45) is 3.50. The molecular formula is C12H24N2O2. The molecule has 1 fully saturated rings. The molecule has 1 aliphatic heterocycles. The first kappa shape index (κ1) is 13.3. The van der Waals surface area contributed by atoms with Crippen molar-refractivity contribution in [2.75, 3.05) is 26.2 Å². The SMILES string of the molecule is CCOC(C)(C)CNC(=O)N1CCCCC1. The second-order valence-corrected chi connectivity index (χ2v) is 4.90. The molecule has 0 aromatic carbocycles. The van der Waals surface area contributed by atoms with Crippen LogP contribution in [0.5, 0.6) is 0 Å². The van der Waals surface area contributed by atoms with E-state index in [1.807, 2.05) is 25.7 Å². The molecule has 94 valence electrons. The summed E-state index contributed by atoms with van der Waals surface area (Å²) < 4.78 is 5.53. The standard InChI is InChI=1S/C12H24N2O2/c1-4-16-12(2,3)10-13-11(15)14-8-6-5-7-9-14/h4-10H2,1-3H3,(H,13,15). The molecule has 0 aromatic rings. The molecule has 1 aliphatic rings. The van der Waals surface area contributed by atoms with Crippen LogP contribution >= 0.6 is 0 Å². The van der Waals surface area contributed by atoms with Crippen molar-refractivity contribution in [1.82, 2.24) is 10.2 Å². The second kappa shape index (κ2) is 6.09. The zero-order chi connectivity index (χ0) is 12.0. The van der Waals surface area contributed by atoms with Gasteiger partial charge in [0.25, 0.3) is 0 Å². The smallest absolute Gasteiger partial charge is 0.317 e. The number of nitrogens with zero attached hydrogens (tertiary/aromatic N) is 1. The molecule has 16 heavy (non-hydrogen) atoms. The van der Waals surface area contributed by atoms with Gasteiger partial charge in [-0.1, -0.05) is 0 Å². The van der Waals surface area contributed by atoms with Gasteiger partial charge in [-0.3, -0.25) is 0 Å². The van der Waals surface area contributed by atoms with Gasteiger partial charge in [0.1, 0.15) is 0 Å². The van der Waals surface area contributed by atoms with Gasteiger partial charge < -0.3 is 15.0 Å². The maximum Gasteiger partial charge on any atom is 0.317 e. The van der Waals surface area contributed by atoms with Crippen molar-refractivity contribution in [2.24, 2.45) is 0 Å². The van der Waals surface area contributed by atoms with Crippen LogP contribution in [0.25, 0.3) is 0 Å². The maximum absolute atomic E-state index is 11.8. The first-order valence-electron chi connectivity index (χ1n) is 6.22. The Labute approximate surface area is 98.3 Å². The van der Waals surface area contributed by atoms with Crippen molar-refractivity contribution < 1.29 is 9.53 Å². The Bertz CT molecular complexity index is 223. The Balaban J connectivity index is 2.28. The van der Waals surface area contributed by atoms with E-state index in [1.165, 1.54) is 6.42 Å². The number of ether oxygens (including phenoxy) is 1. The van der Waals surface area contributed by atoms with Crippen LogP contribution in [0.15, 0.2) is 0 Å². The van der Waals surface area contributed by atoms with E-state index in [2.05, 4.69) is 5.32 Å². The molecule has 0 radical (unpaired) electrons. The number of carbonyl (C=O) groups is 1. The zero-order valence-corrected chi connectivity index (χ0v) is 10.7. The van der Waals surface area contributed by atoms with Crippen molar-refractivity contribution >= 4 is 6.03 Å². The van der Waals surface area contributed by atoms with Crippen molar-refractivity contribution in [1.29, 1.82) is 0 Å². The van der Waals surface area contributed by atoms with Gasteiger partial charge in [-0.25, -0.2) is 4.79 Å². The van der Waals surface area contributed by atoms with E-state index < -0.39 is 0 Å². The minimum absolute atomic E-state index is 0.0486. The minimum Gasteiger partial charge on any atom is -0.374 e. The fraction of sp³-hybridized carbons (Fsp3) is 0.917. The second-order valence-electron chi connectivity index (χ2n) is 4.90. The topological polar surface area (TPSA) is 41.6 Å². The van der Waals surface area contributed by atoms with Crippen LogP contribution in [0, 0.1) is 0 Å². The van der Waals surface area contributed by atoms with Crippen LogP contribution in [-0.4, -0.2) is 42.8 Å². The van der Waals surface area contributed by atoms with Crippen molar-refractivity contribution in [3.8, 4) is 0 Å². The fourth-order valence-electron chi connectivity index (χ4n) is 1.94. The van der Waals surface area contributed by atoms with Crippen LogP contribution < -0.4 is 5.32 Å². The van der Waals surface area contributed by atoms with Gasteiger partial charge >= 0.3 is 6.03 Å². The first-order valence-corrected chi connectivity index (χ1v) is 6.22. The molecule has 4 heteroatoms. The van der Waals surface area contributed by atoms with Crippen LogP contribution in [0.4, 0.5) is 4.79 Å². The largest absolute Gasteiger partial charge is 0.374 e. The number of nitrogens with one attached hydrogen (secondary N) is 1. The fourth-order valence-corrected chi connectivity index (χ4v) is 1.94. The quantitative estimate of drug-likeness (QED) is 0.799. The third-order valence-electron chi connectivity index (χ3n) is 2.84. The summed E-state index contributed by atoms with van der Waals surface area (Å²) in [5.41, 5.74) is -0.278. The van der Waals surface area contributed by atoms with Gasteiger partial charge in [0.05, 0.1) is 5.60 Å². The van der Waals surface area contributed by atoms with Crippen LogP contribution in [0.3, 0.4) is 0 Å². The molecule has 0 bridgehead atoms. The molecule has 0 spiro atoms. The third-order valence-corrected chi connectivity index (χ3v) is 2.84. The lowest BCUT2D eigenvalue weighted by atomic mass is 10.1. The molecule has 4 nitrogen and oxygen atoms in total. The molecule has 0 unspecified atom stereocenters. The van der Waals surface area contributed by atoms with Crippen LogP contribution in [0.2, 0.25) is 0 Å². The first-order chi connectivity index (χ1) is 7.55. The average molecular weight is 228 g/mol. The number of likely N-dealkylation sites (tertiary alicyclic amines) is 1. The van der Waals surface area contributed by atoms with Crippen molar-refractivity contribution in [2.45, 2.75) is 45.6 Å². The summed E-state index contributed by atoms with van der Waals surface area (Å²) in [7, 11) is 0. The number of rotatable bonds is 4. The molecular weight excluding hydrogens is 204 g/mol. The summed E-state index contributed by atoms with van der Waals surface area (Å²) >= 11 is 0. The Morgan fingerprint density at radius 1 is 1.31 bits per heavy atom. The maximum atomic E-state index is 11.8. The van der Waals surface area contributed by atoms with Crippen molar-refractivity contribution in [3.05, 3.63) is 0 Å². The highest BCUT2D eigenvalue weighted by Gasteiger charge is 2.21. The molecule has 0 atom stereocenters. The lowest BCUT2D eigenvalue weighted by Gasteiger charge is -2.30. The summed E-state index contributed by atoms with van der Waals surface area (Å²) in [6.45, 7) is 8.97. The van der Waals surface area contributed by atoms with Gasteiger partial charge in [-0.05, 0) is 40.0 Å². The van der Waals surface area contributed by atoms with E-state index in [0.29, 0.717) is 13.2 Å². The summed E-state index contributed by atoms with van der Waals surface area (Å²) in [6, 6.07) is 0.0486. The van der Waals surface area contributed by atoms with Gasteiger partial charge in [0.2, 0.25) is 0 Å². The lowest BCUT2D eigenvalue weighted by Crippen LogP contribution is -2.48. The highest BCUT2D eigenvalue weighted by Crippen LogP contribution is 2.10. The Kier molecular flexibility index (Phi) is 5.06. The van der Waals surface area contributed by atoms with E-state index >= 15 is 0 Å². The molecule has 0 saturated carbocycles. The molecule has 1 saturated heterocycles. The highest BCUT2D eigenvalue weighted by molar-refractivity contribution is 5.74. The van der Waals surface area contributed by atoms with Gasteiger partial charge in [0.15, 0.2) is 0 Å². The number of carbonyl (C=O) groups excluding carboxylic acids is 1. The number of hydrogen-bond donors (Lipinski definition) is 1. The van der Waals surface area contributed by atoms with E-state index in [-0.39, 0.29) is 11.6 Å².